The molecule has 1 saturated heterocycles. The normalized spacial score (nSPS) is 17.4. The van der Waals surface area contributed by atoms with Crippen LogP contribution in [0, 0.1) is 0 Å². The Balaban J connectivity index is 1.74. The first-order chi connectivity index (χ1) is 11.2. The van der Waals surface area contributed by atoms with Gasteiger partial charge in [0.25, 0.3) is 0 Å². The van der Waals surface area contributed by atoms with Crippen LogP contribution in [0.1, 0.15) is 47.2 Å². The molecule has 1 aliphatic rings. The van der Waals surface area contributed by atoms with E-state index in [0.29, 0.717) is 11.5 Å². The summed E-state index contributed by atoms with van der Waals surface area (Å²) in [5, 5.41) is 8.99. The zero-order valence-electron chi connectivity index (χ0n) is 13.3. The molecule has 1 N–H and O–H groups in total. The van der Waals surface area contributed by atoms with Gasteiger partial charge in [0.05, 0.1) is 5.56 Å². The smallest absolute Gasteiger partial charge is 0.335 e. The van der Waals surface area contributed by atoms with Crippen LogP contribution in [0.2, 0.25) is 0 Å². The Morgan fingerprint density at radius 3 is 2.83 bits per heavy atom. The molecule has 0 saturated carbocycles. The van der Waals surface area contributed by atoms with Crippen molar-refractivity contribution < 1.29 is 9.90 Å². The van der Waals surface area contributed by atoms with Gasteiger partial charge in [-0.3, -0.25) is 0 Å². The molecule has 0 bridgehead atoms. The van der Waals surface area contributed by atoms with Crippen LogP contribution < -0.4 is 4.90 Å². The molecule has 1 aliphatic heterocycles. The van der Waals surface area contributed by atoms with E-state index in [1.54, 1.807) is 18.5 Å². The predicted molar refractivity (Wildman–Crippen MR) is 89.0 cm³/mol. The molecule has 0 spiro atoms. The summed E-state index contributed by atoms with van der Waals surface area (Å²) in [6.45, 7) is 4.05. The lowest BCUT2D eigenvalue weighted by Crippen LogP contribution is -2.22. The lowest BCUT2D eigenvalue weighted by Gasteiger charge is -2.20. The molecule has 1 aromatic carbocycles. The van der Waals surface area contributed by atoms with Crippen molar-refractivity contribution in [2.75, 3.05) is 18.0 Å². The maximum absolute atomic E-state index is 10.9. The molecule has 5 heteroatoms. The van der Waals surface area contributed by atoms with Gasteiger partial charge >= 0.3 is 5.97 Å². The van der Waals surface area contributed by atoms with E-state index in [2.05, 4.69) is 21.8 Å². The maximum atomic E-state index is 10.9. The third-order valence-electron chi connectivity index (χ3n) is 4.40. The molecule has 2 aromatic rings. The minimum Gasteiger partial charge on any atom is -0.478 e. The quantitative estimate of drug-likeness (QED) is 0.919. The number of carboxylic acids is 1. The fraction of sp³-hybridized carbons (Fsp3) is 0.389. The molecular formula is C18H21N3O2. The minimum atomic E-state index is -0.880. The van der Waals surface area contributed by atoms with E-state index < -0.39 is 5.97 Å². The number of nitrogens with zero attached hydrogens (tertiary/aromatic N) is 3. The number of hydrogen-bond donors (Lipinski definition) is 1. The van der Waals surface area contributed by atoms with Crippen LogP contribution in [0.25, 0.3) is 0 Å². The first-order valence-electron chi connectivity index (χ1n) is 8.06. The molecule has 23 heavy (non-hydrogen) atoms. The summed E-state index contributed by atoms with van der Waals surface area (Å²) in [5.41, 5.74) is 2.74. The standard InChI is InChI=1S/C18H21N3O2/c1-2-3-15-10-19-12-20-17(15)21-9-8-16(11-21)13-4-6-14(7-5-13)18(22)23/h4-7,10,12,16H,2-3,8-9,11H2,1H3,(H,22,23)/t16-/m0/s1. The lowest BCUT2D eigenvalue weighted by molar-refractivity contribution is 0.0697. The molecular weight excluding hydrogens is 290 g/mol. The third-order valence-corrected chi connectivity index (χ3v) is 4.40. The van der Waals surface area contributed by atoms with E-state index in [4.69, 9.17) is 5.11 Å². The highest BCUT2D eigenvalue weighted by Crippen LogP contribution is 2.31. The lowest BCUT2D eigenvalue weighted by atomic mass is 9.97. The maximum Gasteiger partial charge on any atom is 0.335 e. The molecule has 0 unspecified atom stereocenters. The molecule has 5 nitrogen and oxygen atoms in total. The molecule has 3 rings (SSSR count). The van der Waals surface area contributed by atoms with Crippen LogP contribution in [-0.4, -0.2) is 34.1 Å². The van der Waals surface area contributed by atoms with Gasteiger partial charge in [-0.25, -0.2) is 14.8 Å². The van der Waals surface area contributed by atoms with E-state index in [0.717, 1.165) is 38.2 Å². The average molecular weight is 311 g/mol. The van der Waals surface area contributed by atoms with Crippen molar-refractivity contribution in [2.24, 2.45) is 0 Å². The number of aromatic nitrogens is 2. The van der Waals surface area contributed by atoms with Crippen molar-refractivity contribution in [3.8, 4) is 0 Å². The van der Waals surface area contributed by atoms with Crippen molar-refractivity contribution in [3.05, 3.63) is 53.5 Å². The summed E-state index contributed by atoms with van der Waals surface area (Å²) < 4.78 is 0. The second-order valence-electron chi connectivity index (χ2n) is 5.98. The number of anilines is 1. The highest BCUT2D eigenvalue weighted by Gasteiger charge is 2.26. The van der Waals surface area contributed by atoms with Gasteiger partial charge in [-0.05, 0) is 30.5 Å². The van der Waals surface area contributed by atoms with Crippen molar-refractivity contribution in [1.29, 1.82) is 0 Å². The number of benzene rings is 1. The van der Waals surface area contributed by atoms with E-state index in [1.165, 1.54) is 11.1 Å². The van der Waals surface area contributed by atoms with Gasteiger partial charge in [0.15, 0.2) is 0 Å². The van der Waals surface area contributed by atoms with E-state index in [1.807, 2.05) is 18.3 Å². The van der Waals surface area contributed by atoms with Crippen LogP contribution >= 0.6 is 0 Å². The van der Waals surface area contributed by atoms with E-state index >= 15 is 0 Å². The zero-order valence-corrected chi connectivity index (χ0v) is 13.3. The summed E-state index contributed by atoms with van der Waals surface area (Å²) in [6, 6.07) is 7.25. The van der Waals surface area contributed by atoms with Gasteiger partial charge in [0.1, 0.15) is 12.1 Å². The van der Waals surface area contributed by atoms with Gasteiger partial charge in [0.2, 0.25) is 0 Å². The number of aromatic carboxylic acids is 1. The number of rotatable bonds is 5. The molecule has 0 radical (unpaired) electrons. The largest absolute Gasteiger partial charge is 0.478 e. The topological polar surface area (TPSA) is 66.3 Å². The fourth-order valence-corrected chi connectivity index (χ4v) is 3.20. The highest BCUT2D eigenvalue weighted by molar-refractivity contribution is 5.87. The van der Waals surface area contributed by atoms with Crippen molar-refractivity contribution in [1.82, 2.24) is 9.97 Å². The van der Waals surface area contributed by atoms with E-state index in [9.17, 15) is 4.79 Å². The van der Waals surface area contributed by atoms with Crippen molar-refractivity contribution in [3.63, 3.8) is 0 Å². The number of hydrogen-bond acceptors (Lipinski definition) is 4. The van der Waals surface area contributed by atoms with Crippen LogP contribution in [0.4, 0.5) is 5.82 Å². The Morgan fingerprint density at radius 2 is 2.13 bits per heavy atom. The van der Waals surface area contributed by atoms with Gasteiger partial charge in [0, 0.05) is 30.8 Å². The first-order valence-corrected chi connectivity index (χ1v) is 8.06. The first kappa shape index (κ1) is 15.5. The van der Waals surface area contributed by atoms with Crippen molar-refractivity contribution >= 4 is 11.8 Å². The summed E-state index contributed by atoms with van der Waals surface area (Å²) >= 11 is 0. The highest BCUT2D eigenvalue weighted by atomic mass is 16.4. The third kappa shape index (κ3) is 3.33. The Morgan fingerprint density at radius 1 is 1.35 bits per heavy atom. The van der Waals surface area contributed by atoms with Crippen LogP contribution in [0.5, 0.6) is 0 Å². The Labute approximate surface area is 136 Å². The van der Waals surface area contributed by atoms with Crippen LogP contribution in [0.3, 0.4) is 0 Å². The Hall–Kier alpha value is -2.43. The minimum absolute atomic E-state index is 0.338. The number of carboxylic acid groups (broad SMARTS) is 1. The molecule has 1 aromatic heterocycles. The van der Waals surface area contributed by atoms with Crippen LogP contribution in [0.15, 0.2) is 36.8 Å². The van der Waals surface area contributed by atoms with Gasteiger partial charge in [-0.15, -0.1) is 0 Å². The summed E-state index contributed by atoms with van der Waals surface area (Å²) in [6.07, 6.45) is 6.66. The van der Waals surface area contributed by atoms with Crippen LogP contribution in [-0.2, 0) is 6.42 Å². The summed E-state index contributed by atoms with van der Waals surface area (Å²) in [4.78, 5) is 21.9. The second kappa shape index (κ2) is 6.77. The Bertz CT molecular complexity index is 685. The molecule has 1 fully saturated rings. The SMILES string of the molecule is CCCc1cncnc1N1CC[C@H](c2ccc(C(=O)O)cc2)C1. The molecule has 0 amide bonds. The van der Waals surface area contributed by atoms with Gasteiger partial charge in [-0.2, -0.15) is 0 Å². The second-order valence-corrected chi connectivity index (χ2v) is 5.98. The van der Waals surface area contributed by atoms with Crippen molar-refractivity contribution in [2.45, 2.75) is 32.1 Å². The molecule has 0 aliphatic carbocycles. The van der Waals surface area contributed by atoms with E-state index in [-0.39, 0.29) is 0 Å². The summed E-state index contributed by atoms with van der Waals surface area (Å²) in [7, 11) is 0. The fourth-order valence-electron chi connectivity index (χ4n) is 3.20. The number of aryl methyl sites for hydroxylation is 1. The average Bonchev–Trinajstić information content (AvgIpc) is 3.05. The van der Waals surface area contributed by atoms with Gasteiger partial charge in [-0.1, -0.05) is 25.5 Å². The zero-order chi connectivity index (χ0) is 16.2. The Kier molecular flexibility index (Phi) is 4.55. The molecule has 120 valence electrons. The summed E-state index contributed by atoms with van der Waals surface area (Å²) in [5.74, 6) is 0.587. The monoisotopic (exact) mass is 311 g/mol. The number of carbonyl (C=O) groups is 1. The molecule has 1 atom stereocenters. The molecule has 2 heterocycles. The van der Waals surface area contributed by atoms with Gasteiger partial charge < -0.3 is 10.0 Å². The predicted octanol–water partition coefficient (Wildman–Crippen LogP) is 3.12.